The van der Waals surface area contributed by atoms with Gasteiger partial charge in [-0.2, -0.15) is 0 Å². The highest BCUT2D eigenvalue weighted by Gasteiger charge is 3.00. The lowest BCUT2D eigenvalue weighted by Crippen LogP contribution is -2.89. The van der Waals surface area contributed by atoms with Gasteiger partial charge in [0.25, 0.3) is 5.97 Å². The molecule has 56 heavy (non-hydrogen) atoms. The zero-order valence-corrected chi connectivity index (χ0v) is 33.7. The van der Waals surface area contributed by atoms with Crippen LogP contribution in [0.2, 0.25) is 0 Å². The van der Waals surface area contributed by atoms with Crippen LogP contribution in [-0.4, -0.2) is 91.1 Å². The van der Waals surface area contributed by atoms with Crippen LogP contribution in [-0.2, 0) is 71.4 Å². The molecule has 8 aliphatic rings. The van der Waals surface area contributed by atoms with Crippen LogP contribution >= 0.6 is 0 Å². The number of carbonyl (C=O) groups excluding carboxylic acids is 6. The van der Waals surface area contributed by atoms with E-state index in [-0.39, 0.29) is 19.3 Å². The van der Waals surface area contributed by atoms with Gasteiger partial charge in [0.1, 0.15) is 17.3 Å². The summed E-state index contributed by atoms with van der Waals surface area (Å²) >= 11 is 0. The summed E-state index contributed by atoms with van der Waals surface area (Å²) in [5, 5.41) is 0. The van der Waals surface area contributed by atoms with Crippen LogP contribution in [0.4, 0.5) is 0 Å². The third-order valence-electron chi connectivity index (χ3n) is 14.2. The Morgan fingerprint density at radius 3 is 2.02 bits per heavy atom. The summed E-state index contributed by atoms with van der Waals surface area (Å²) in [6.45, 7) is 14.1. The molecule has 8 fully saturated rings. The number of fused-ring (bicyclic) bond motifs is 1. The van der Waals surface area contributed by atoms with E-state index in [0.717, 1.165) is 0 Å². The molecule has 14 atom stereocenters. The maximum Gasteiger partial charge on any atom is 0.308 e. The Morgan fingerprint density at radius 2 is 1.48 bits per heavy atom. The summed E-state index contributed by atoms with van der Waals surface area (Å²) in [4.78, 5) is 81.8. The van der Waals surface area contributed by atoms with Crippen molar-refractivity contribution in [2.45, 2.75) is 135 Å². The second-order valence-electron chi connectivity index (χ2n) is 17.6. The van der Waals surface area contributed by atoms with Gasteiger partial charge in [-0.3, -0.25) is 28.8 Å². The van der Waals surface area contributed by atoms with Crippen LogP contribution < -0.4 is 0 Å². The number of methoxy groups -OCH3 is 2. The van der Waals surface area contributed by atoms with Gasteiger partial charge in [0.05, 0.1) is 45.2 Å². The van der Waals surface area contributed by atoms with Crippen LogP contribution in [0.5, 0.6) is 0 Å². The number of ether oxygens (including phenoxy) is 9. The molecule has 0 N–H and O–H groups in total. The molecule has 2 unspecified atom stereocenters. The number of rotatable bonds is 11. The Hall–Kier alpha value is -4.02. The minimum Gasteiger partial charge on any atom is -0.472 e. The second-order valence-corrected chi connectivity index (χ2v) is 17.6. The zero-order chi connectivity index (χ0) is 41.2. The highest BCUT2D eigenvalue weighted by Crippen LogP contribution is 2.87. The molecular weight excluding hydrogens is 736 g/mol. The first-order chi connectivity index (χ1) is 26.1. The average Bonchev–Trinajstić information content (AvgIpc) is 3.70. The molecule has 4 saturated heterocycles. The fraction of sp³-hybridized carbons (Fsp3) is 0.750. The second kappa shape index (κ2) is 12.7. The molecule has 1 aromatic heterocycles. The normalized spacial score (nSPS) is 44.1. The quantitative estimate of drug-likeness (QED) is 0.229. The lowest BCUT2D eigenvalue weighted by molar-refractivity contribution is -0.479. The van der Waals surface area contributed by atoms with Crippen LogP contribution in [0.15, 0.2) is 23.0 Å². The van der Waals surface area contributed by atoms with E-state index < -0.39 is 129 Å². The molecule has 16 heteroatoms. The van der Waals surface area contributed by atoms with Crippen molar-refractivity contribution in [3.05, 3.63) is 24.2 Å². The van der Waals surface area contributed by atoms with Gasteiger partial charge in [0.2, 0.25) is 5.60 Å². The molecule has 6 bridgehead atoms. The van der Waals surface area contributed by atoms with E-state index in [1.54, 1.807) is 26.8 Å². The van der Waals surface area contributed by atoms with E-state index in [1.807, 2.05) is 20.8 Å². The van der Waals surface area contributed by atoms with Gasteiger partial charge in [-0.25, -0.2) is 0 Å². The minimum atomic E-state index is -2.17. The predicted molar refractivity (Wildman–Crippen MR) is 186 cm³/mol. The number of furan rings is 1. The summed E-state index contributed by atoms with van der Waals surface area (Å²) in [6, 6.07) is 1.64. The Labute approximate surface area is 324 Å². The molecule has 2 spiro atoms. The maximum absolute atomic E-state index is 14.3. The first-order valence-corrected chi connectivity index (χ1v) is 19.0. The minimum absolute atomic E-state index is 0.0464. The van der Waals surface area contributed by atoms with Crippen LogP contribution in [0, 0.1) is 39.9 Å². The first-order valence-electron chi connectivity index (χ1n) is 19.0. The van der Waals surface area contributed by atoms with E-state index in [4.69, 9.17) is 47.0 Å². The third kappa shape index (κ3) is 4.93. The van der Waals surface area contributed by atoms with Crippen molar-refractivity contribution >= 4 is 35.8 Å². The number of hydrogen-bond acceptors (Lipinski definition) is 16. The highest BCUT2D eigenvalue weighted by atomic mass is 16.9. The highest BCUT2D eigenvalue weighted by molar-refractivity contribution is 5.75. The lowest BCUT2D eigenvalue weighted by Gasteiger charge is -2.74. The van der Waals surface area contributed by atoms with Gasteiger partial charge >= 0.3 is 35.8 Å². The fourth-order valence-electron chi connectivity index (χ4n) is 13.0. The van der Waals surface area contributed by atoms with E-state index in [2.05, 4.69) is 0 Å². The maximum atomic E-state index is 14.3. The molecule has 1 aromatic rings. The summed E-state index contributed by atoms with van der Waals surface area (Å²) in [5.41, 5.74) is -9.14. The van der Waals surface area contributed by atoms with Crippen LogP contribution in [0.3, 0.4) is 0 Å². The van der Waals surface area contributed by atoms with Gasteiger partial charge in [0, 0.05) is 67.8 Å². The van der Waals surface area contributed by atoms with Crippen molar-refractivity contribution in [3.63, 3.8) is 0 Å². The van der Waals surface area contributed by atoms with Crippen molar-refractivity contribution < 1.29 is 75.8 Å². The van der Waals surface area contributed by atoms with Crippen LogP contribution in [0.1, 0.15) is 99.7 Å². The smallest absolute Gasteiger partial charge is 0.308 e. The third-order valence-corrected chi connectivity index (χ3v) is 14.2. The number of carbonyl (C=O) groups is 6. The van der Waals surface area contributed by atoms with E-state index in [0.29, 0.717) is 5.56 Å². The first kappa shape index (κ1) is 40.2. The number of esters is 6. The summed E-state index contributed by atoms with van der Waals surface area (Å²) < 4.78 is 63.3. The Kier molecular flexibility index (Phi) is 9.14. The van der Waals surface area contributed by atoms with Gasteiger partial charge < -0.3 is 47.0 Å². The van der Waals surface area contributed by atoms with Crippen molar-refractivity contribution in [1.29, 1.82) is 0 Å². The van der Waals surface area contributed by atoms with Gasteiger partial charge in [-0.15, -0.1) is 0 Å². The van der Waals surface area contributed by atoms with Crippen molar-refractivity contribution in [3.8, 4) is 0 Å². The average molecular weight is 789 g/mol. The van der Waals surface area contributed by atoms with Crippen molar-refractivity contribution in [1.82, 2.24) is 0 Å². The molecule has 0 amide bonds. The molecule has 4 saturated carbocycles. The molecule has 4 aliphatic heterocycles. The van der Waals surface area contributed by atoms with Crippen molar-refractivity contribution in [2.75, 3.05) is 14.2 Å². The van der Waals surface area contributed by atoms with E-state index in [1.165, 1.54) is 47.5 Å². The van der Waals surface area contributed by atoms with E-state index in [9.17, 15) is 28.8 Å². The summed E-state index contributed by atoms with van der Waals surface area (Å²) in [7, 11) is 2.51. The Morgan fingerprint density at radius 1 is 0.839 bits per heavy atom. The SMILES string of the molecule is COC(=O)C[C@@H]1[C@](C)([C@@H](OC(C)=O)c2ccoc2)CC2O[C@]3(C)O[C@@]14[C@H]2[C@]1(C)[C@@H](CC(=O)OC)C2(C)C[C@]1(O3)[C@](OC(C)=O)([C@H]2OC(C)=O)[C@H]4OC(=O)C(C)C. The van der Waals surface area contributed by atoms with Crippen molar-refractivity contribution in [2.24, 2.45) is 39.9 Å². The summed E-state index contributed by atoms with van der Waals surface area (Å²) in [5.74, 6) is -9.54. The molecule has 0 aromatic carbocycles. The molecule has 308 valence electrons. The summed E-state index contributed by atoms with van der Waals surface area (Å²) in [6.07, 6.45) is -2.57. The lowest BCUT2D eigenvalue weighted by atomic mass is 9.35. The topological polar surface area (TPSA) is 199 Å². The van der Waals surface area contributed by atoms with E-state index >= 15 is 0 Å². The number of hydrogen-bond donors (Lipinski definition) is 0. The van der Waals surface area contributed by atoms with Gasteiger partial charge in [-0.1, -0.05) is 34.6 Å². The molecule has 0 radical (unpaired) electrons. The molecule has 9 rings (SSSR count). The molecule has 4 aliphatic carbocycles. The predicted octanol–water partition coefficient (Wildman–Crippen LogP) is 4.11. The standard InChI is InChI=1S/C40H52O16/c1-19(2)31(46)52-33-39-26(15-28(45)48-11)34(6,30(50-20(3)41)23-12-13-49-17-23)16-24-29(39)36(8)25(14-27(44)47-10)35(7)18-38(36,55-37(9,54-24)56-39)40(33,53-22(5)43)32(35)51-21(4)42/h12-13,17,19,24-26,29-30,32-33H,14-16,18H2,1-11H3/t24?,25-,26+,29+,30-,32-,33-,34+,35?,36-,37-,38+,39+,40-/m0/s1. The zero-order valence-electron chi connectivity index (χ0n) is 33.7. The van der Waals surface area contributed by atoms with Gasteiger partial charge in [0.15, 0.2) is 12.2 Å². The fourth-order valence-corrected chi connectivity index (χ4v) is 13.0. The molecular formula is C40H52O16. The van der Waals surface area contributed by atoms with Gasteiger partial charge in [-0.05, 0) is 24.8 Å². The monoisotopic (exact) mass is 788 g/mol. The molecule has 16 nitrogen and oxygen atoms in total. The van der Waals surface area contributed by atoms with Crippen LogP contribution in [0.25, 0.3) is 0 Å². The molecule has 5 heterocycles. The Balaban J connectivity index is 1.65. The Bertz CT molecular complexity index is 1840. The largest absolute Gasteiger partial charge is 0.472 e.